The maximum Gasteiger partial charge on any atom is 0.136 e. The smallest absolute Gasteiger partial charge is 0.136 e. The minimum absolute atomic E-state index is 0.0556. The summed E-state index contributed by atoms with van der Waals surface area (Å²) in [4.78, 5) is 11.4. The molecule has 0 radical (unpaired) electrons. The predicted octanol–water partition coefficient (Wildman–Crippen LogP) is 3.04. The Labute approximate surface area is 70.2 Å². The van der Waals surface area contributed by atoms with Crippen molar-refractivity contribution in [3.05, 3.63) is 0 Å². The zero-order chi connectivity index (χ0) is 9.07. The average Bonchev–Trinajstić information content (AvgIpc) is 1.90. The second-order valence-corrected chi connectivity index (χ2v) is 3.57. The molecule has 0 aromatic carbocycles. The van der Waals surface area contributed by atoms with Gasteiger partial charge in [-0.2, -0.15) is 0 Å². The number of carbonyl (C=O) groups excluding carboxylic acids is 1. The molecule has 0 bridgehead atoms. The van der Waals surface area contributed by atoms with Gasteiger partial charge in [0.05, 0.1) is 0 Å². The van der Waals surface area contributed by atoms with Crippen LogP contribution in [0.2, 0.25) is 0 Å². The minimum atomic E-state index is -0.0556. The Kier molecular flexibility index (Phi) is 3.77. The molecule has 0 N–H and O–H groups in total. The zero-order valence-corrected chi connectivity index (χ0v) is 8.40. The van der Waals surface area contributed by atoms with Crippen LogP contribution in [0.25, 0.3) is 0 Å². The second kappa shape index (κ2) is 3.89. The first-order valence-electron chi connectivity index (χ1n) is 4.52. The molecule has 0 saturated carbocycles. The molecule has 0 fully saturated rings. The van der Waals surface area contributed by atoms with Crippen LogP contribution in [0.4, 0.5) is 0 Å². The molecule has 0 saturated heterocycles. The molecule has 1 heteroatoms. The van der Waals surface area contributed by atoms with E-state index >= 15 is 0 Å². The summed E-state index contributed by atoms with van der Waals surface area (Å²) in [6.45, 7) is 10.2. The standard InChI is InChI=1S/C10H20O/c1-6-10(7-2,8(3)4)9(5)11/h8H,6-7H2,1-5H3. The summed E-state index contributed by atoms with van der Waals surface area (Å²) in [5.41, 5.74) is -0.0556. The molecule has 0 aliphatic rings. The van der Waals surface area contributed by atoms with Gasteiger partial charge in [-0.3, -0.25) is 4.79 Å². The van der Waals surface area contributed by atoms with Crippen LogP contribution in [0.1, 0.15) is 47.5 Å². The van der Waals surface area contributed by atoms with Gasteiger partial charge in [0, 0.05) is 5.41 Å². The van der Waals surface area contributed by atoms with Gasteiger partial charge in [0.15, 0.2) is 0 Å². The molecule has 0 amide bonds. The van der Waals surface area contributed by atoms with Gasteiger partial charge in [-0.15, -0.1) is 0 Å². The van der Waals surface area contributed by atoms with Gasteiger partial charge in [-0.05, 0) is 25.7 Å². The average molecular weight is 156 g/mol. The number of rotatable bonds is 4. The lowest BCUT2D eigenvalue weighted by atomic mass is 9.70. The molecule has 66 valence electrons. The molecule has 0 aliphatic carbocycles. The molecule has 0 rings (SSSR count). The molecule has 0 atom stereocenters. The third kappa shape index (κ3) is 1.82. The van der Waals surface area contributed by atoms with Crippen LogP contribution in [0.15, 0.2) is 0 Å². The van der Waals surface area contributed by atoms with Crippen LogP contribution in [-0.4, -0.2) is 5.78 Å². The molecular weight excluding hydrogens is 136 g/mol. The fraction of sp³-hybridized carbons (Fsp3) is 0.900. The van der Waals surface area contributed by atoms with E-state index < -0.39 is 0 Å². The first-order chi connectivity index (χ1) is 5.01. The van der Waals surface area contributed by atoms with Gasteiger partial charge in [-0.25, -0.2) is 0 Å². The maximum atomic E-state index is 11.4. The van der Waals surface area contributed by atoms with Gasteiger partial charge in [0.2, 0.25) is 0 Å². The van der Waals surface area contributed by atoms with Crippen LogP contribution < -0.4 is 0 Å². The Bertz CT molecular complexity index is 132. The number of Topliss-reactive ketones (excluding diaryl/α,β-unsaturated/α-hetero) is 1. The Morgan fingerprint density at radius 2 is 1.64 bits per heavy atom. The van der Waals surface area contributed by atoms with E-state index in [2.05, 4.69) is 27.7 Å². The van der Waals surface area contributed by atoms with Crippen molar-refractivity contribution < 1.29 is 4.79 Å². The molecule has 0 spiro atoms. The summed E-state index contributed by atoms with van der Waals surface area (Å²) in [5.74, 6) is 0.812. The highest BCUT2D eigenvalue weighted by Gasteiger charge is 2.34. The van der Waals surface area contributed by atoms with Crippen LogP contribution in [0.5, 0.6) is 0 Å². The number of hydrogen-bond donors (Lipinski definition) is 0. The third-order valence-corrected chi connectivity index (χ3v) is 3.07. The Morgan fingerprint density at radius 1 is 1.27 bits per heavy atom. The topological polar surface area (TPSA) is 17.1 Å². The highest BCUT2D eigenvalue weighted by atomic mass is 16.1. The summed E-state index contributed by atoms with van der Waals surface area (Å²) in [5, 5.41) is 0. The second-order valence-electron chi connectivity index (χ2n) is 3.57. The van der Waals surface area contributed by atoms with E-state index in [-0.39, 0.29) is 5.41 Å². The summed E-state index contributed by atoms with van der Waals surface area (Å²) in [7, 11) is 0. The first-order valence-corrected chi connectivity index (χ1v) is 4.52. The predicted molar refractivity (Wildman–Crippen MR) is 48.5 cm³/mol. The van der Waals surface area contributed by atoms with Gasteiger partial charge < -0.3 is 0 Å². The van der Waals surface area contributed by atoms with E-state index in [0.717, 1.165) is 12.8 Å². The number of carbonyl (C=O) groups is 1. The van der Waals surface area contributed by atoms with E-state index in [0.29, 0.717) is 11.7 Å². The summed E-state index contributed by atoms with van der Waals surface area (Å²) >= 11 is 0. The minimum Gasteiger partial charge on any atom is -0.299 e. The fourth-order valence-electron chi connectivity index (χ4n) is 1.97. The summed E-state index contributed by atoms with van der Waals surface area (Å²) in [6.07, 6.45) is 1.94. The van der Waals surface area contributed by atoms with Crippen molar-refractivity contribution in [1.29, 1.82) is 0 Å². The van der Waals surface area contributed by atoms with Crippen LogP contribution >= 0.6 is 0 Å². The van der Waals surface area contributed by atoms with Crippen molar-refractivity contribution in [3.63, 3.8) is 0 Å². The Morgan fingerprint density at radius 3 is 1.64 bits per heavy atom. The van der Waals surface area contributed by atoms with Crippen LogP contribution in [-0.2, 0) is 4.79 Å². The van der Waals surface area contributed by atoms with Crippen molar-refractivity contribution in [3.8, 4) is 0 Å². The molecule has 11 heavy (non-hydrogen) atoms. The van der Waals surface area contributed by atoms with E-state index in [1.54, 1.807) is 6.92 Å². The maximum absolute atomic E-state index is 11.4. The molecule has 0 aromatic heterocycles. The van der Waals surface area contributed by atoms with Gasteiger partial charge in [0.25, 0.3) is 0 Å². The lowest BCUT2D eigenvalue weighted by Gasteiger charge is -2.32. The van der Waals surface area contributed by atoms with Gasteiger partial charge in [-0.1, -0.05) is 27.7 Å². The quantitative estimate of drug-likeness (QED) is 0.611. The molecule has 0 heterocycles. The van der Waals surface area contributed by atoms with Crippen LogP contribution in [0, 0.1) is 11.3 Å². The fourth-order valence-corrected chi connectivity index (χ4v) is 1.97. The van der Waals surface area contributed by atoms with E-state index in [9.17, 15) is 4.79 Å². The highest BCUT2D eigenvalue weighted by Crippen LogP contribution is 2.35. The van der Waals surface area contributed by atoms with Crippen molar-refractivity contribution in [2.24, 2.45) is 11.3 Å². The van der Waals surface area contributed by atoms with Crippen LogP contribution in [0.3, 0.4) is 0 Å². The van der Waals surface area contributed by atoms with Crippen molar-refractivity contribution in [2.75, 3.05) is 0 Å². The monoisotopic (exact) mass is 156 g/mol. The van der Waals surface area contributed by atoms with E-state index in [1.807, 2.05) is 0 Å². The first kappa shape index (κ1) is 10.7. The molecular formula is C10H20O. The van der Waals surface area contributed by atoms with E-state index in [4.69, 9.17) is 0 Å². The molecule has 1 nitrogen and oxygen atoms in total. The van der Waals surface area contributed by atoms with E-state index in [1.165, 1.54) is 0 Å². The lowest BCUT2D eigenvalue weighted by molar-refractivity contribution is -0.129. The number of ketones is 1. The Balaban J connectivity index is 4.61. The molecule has 0 aliphatic heterocycles. The summed E-state index contributed by atoms with van der Waals surface area (Å²) in [6, 6.07) is 0. The molecule has 0 aromatic rings. The van der Waals surface area contributed by atoms with Gasteiger partial charge in [0.1, 0.15) is 5.78 Å². The van der Waals surface area contributed by atoms with Crippen molar-refractivity contribution >= 4 is 5.78 Å². The zero-order valence-electron chi connectivity index (χ0n) is 8.40. The SMILES string of the molecule is CCC(CC)(C(C)=O)C(C)C. The van der Waals surface area contributed by atoms with Crippen molar-refractivity contribution in [2.45, 2.75) is 47.5 Å². The van der Waals surface area contributed by atoms with Gasteiger partial charge >= 0.3 is 0 Å². The highest BCUT2D eigenvalue weighted by molar-refractivity contribution is 5.82. The largest absolute Gasteiger partial charge is 0.299 e. The lowest BCUT2D eigenvalue weighted by Crippen LogP contribution is -2.33. The number of hydrogen-bond acceptors (Lipinski definition) is 1. The van der Waals surface area contributed by atoms with Crippen molar-refractivity contribution in [1.82, 2.24) is 0 Å². The normalized spacial score (nSPS) is 12.2. The summed E-state index contributed by atoms with van der Waals surface area (Å²) < 4.78 is 0. The molecule has 0 unspecified atom stereocenters. The third-order valence-electron chi connectivity index (χ3n) is 3.07. The Hall–Kier alpha value is -0.330.